The monoisotopic (exact) mass is 405 g/mol. The van der Waals surface area contributed by atoms with Crippen molar-refractivity contribution in [2.24, 2.45) is 0 Å². The summed E-state index contributed by atoms with van der Waals surface area (Å²) in [6.45, 7) is 0.539. The van der Waals surface area contributed by atoms with Gasteiger partial charge in [-0.1, -0.05) is 59.8 Å². The molecule has 0 amide bonds. The van der Waals surface area contributed by atoms with Crippen LogP contribution >= 0.6 is 23.4 Å². The Hall–Kier alpha value is -2.76. The van der Waals surface area contributed by atoms with E-state index in [4.69, 9.17) is 26.3 Å². The molecule has 0 N–H and O–H groups in total. The van der Waals surface area contributed by atoms with Crippen LogP contribution in [0.5, 0.6) is 5.75 Å². The van der Waals surface area contributed by atoms with E-state index in [1.165, 1.54) is 0 Å². The first-order valence-electron chi connectivity index (χ1n) is 8.97. The normalized spacial score (nSPS) is 11.5. The zero-order chi connectivity index (χ0) is 18.9. The SMILES string of the molecule is Clc1ccccc1OCCSc1nc2ccccc2c2nc3ccccc3n12. The van der Waals surface area contributed by atoms with E-state index in [2.05, 4.69) is 16.5 Å². The van der Waals surface area contributed by atoms with Crippen molar-refractivity contribution in [3.05, 3.63) is 77.8 Å². The van der Waals surface area contributed by atoms with E-state index >= 15 is 0 Å². The minimum Gasteiger partial charge on any atom is -0.491 e. The summed E-state index contributed by atoms with van der Waals surface area (Å²) in [6, 6.07) is 23.8. The van der Waals surface area contributed by atoms with Crippen LogP contribution in [0.4, 0.5) is 0 Å². The van der Waals surface area contributed by atoms with Crippen LogP contribution < -0.4 is 4.74 Å². The molecule has 2 heterocycles. The second-order valence-electron chi connectivity index (χ2n) is 6.30. The summed E-state index contributed by atoms with van der Waals surface area (Å²) in [6.07, 6.45) is 0. The van der Waals surface area contributed by atoms with Crippen LogP contribution in [0, 0.1) is 0 Å². The molecule has 0 aliphatic rings. The van der Waals surface area contributed by atoms with Crippen LogP contribution in [0.3, 0.4) is 0 Å². The van der Waals surface area contributed by atoms with Gasteiger partial charge in [0.25, 0.3) is 0 Å². The minimum atomic E-state index is 0.539. The van der Waals surface area contributed by atoms with Gasteiger partial charge in [0.1, 0.15) is 11.4 Å². The Balaban J connectivity index is 1.50. The molecule has 0 bridgehead atoms. The Bertz CT molecular complexity index is 1300. The lowest BCUT2D eigenvalue weighted by Crippen LogP contribution is -2.03. The van der Waals surface area contributed by atoms with Crippen LogP contribution in [-0.2, 0) is 0 Å². The van der Waals surface area contributed by atoms with Crippen LogP contribution in [0.1, 0.15) is 0 Å². The van der Waals surface area contributed by atoms with Crippen molar-refractivity contribution in [3.63, 3.8) is 0 Å². The molecule has 0 aliphatic heterocycles. The number of halogens is 1. The first-order chi connectivity index (χ1) is 13.8. The third kappa shape index (κ3) is 3.07. The molecule has 0 atom stereocenters. The summed E-state index contributed by atoms with van der Waals surface area (Å²) in [5.41, 5.74) is 3.90. The van der Waals surface area contributed by atoms with E-state index in [1.807, 2.05) is 60.7 Å². The highest BCUT2D eigenvalue weighted by Crippen LogP contribution is 2.29. The van der Waals surface area contributed by atoms with Crippen molar-refractivity contribution in [2.75, 3.05) is 12.4 Å². The van der Waals surface area contributed by atoms with Gasteiger partial charge in [0, 0.05) is 11.1 Å². The van der Waals surface area contributed by atoms with E-state index in [0.29, 0.717) is 17.4 Å². The summed E-state index contributed by atoms with van der Waals surface area (Å²) < 4.78 is 7.96. The molecule has 3 aromatic carbocycles. The number of nitrogens with zero attached hydrogens (tertiary/aromatic N) is 3. The molecule has 0 unspecified atom stereocenters. The lowest BCUT2D eigenvalue weighted by Gasteiger charge is -2.10. The molecule has 0 spiro atoms. The summed E-state index contributed by atoms with van der Waals surface area (Å²) >= 11 is 7.81. The Morgan fingerprint density at radius 1 is 0.857 bits per heavy atom. The van der Waals surface area contributed by atoms with Gasteiger partial charge in [-0.05, 0) is 36.4 Å². The van der Waals surface area contributed by atoms with Crippen molar-refractivity contribution in [2.45, 2.75) is 5.16 Å². The van der Waals surface area contributed by atoms with Gasteiger partial charge in [0.05, 0.1) is 28.2 Å². The fourth-order valence-electron chi connectivity index (χ4n) is 3.26. The fraction of sp³-hybridized carbons (Fsp3) is 0.0909. The first kappa shape index (κ1) is 17.3. The maximum Gasteiger partial charge on any atom is 0.174 e. The van der Waals surface area contributed by atoms with Crippen molar-refractivity contribution in [3.8, 4) is 5.75 Å². The highest BCUT2D eigenvalue weighted by atomic mass is 35.5. The highest BCUT2D eigenvalue weighted by Gasteiger charge is 2.14. The Labute approximate surface area is 171 Å². The van der Waals surface area contributed by atoms with Crippen molar-refractivity contribution in [1.29, 1.82) is 0 Å². The average molecular weight is 406 g/mol. The van der Waals surface area contributed by atoms with Gasteiger partial charge in [-0.2, -0.15) is 0 Å². The number of rotatable bonds is 5. The fourth-order valence-corrected chi connectivity index (χ4v) is 4.27. The molecule has 28 heavy (non-hydrogen) atoms. The lowest BCUT2D eigenvalue weighted by atomic mass is 10.2. The van der Waals surface area contributed by atoms with Crippen LogP contribution in [0.2, 0.25) is 5.02 Å². The number of aromatic nitrogens is 3. The van der Waals surface area contributed by atoms with E-state index in [-0.39, 0.29) is 0 Å². The van der Waals surface area contributed by atoms with Gasteiger partial charge >= 0.3 is 0 Å². The number of imidazole rings is 1. The first-order valence-corrected chi connectivity index (χ1v) is 10.3. The molecule has 6 heteroatoms. The number of hydrogen-bond donors (Lipinski definition) is 0. The van der Waals surface area contributed by atoms with Crippen molar-refractivity contribution in [1.82, 2.24) is 14.4 Å². The third-order valence-electron chi connectivity index (χ3n) is 4.52. The smallest absolute Gasteiger partial charge is 0.174 e. The topological polar surface area (TPSA) is 39.4 Å². The zero-order valence-corrected chi connectivity index (χ0v) is 16.5. The molecular weight excluding hydrogens is 390 g/mol. The van der Waals surface area contributed by atoms with Gasteiger partial charge in [-0.3, -0.25) is 4.40 Å². The molecule has 138 valence electrons. The quantitative estimate of drug-likeness (QED) is 0.208. The van der Waals surface area contributed by atoms with Crippen LogP contribution in [0.15, 0.2) is 78.0 Å². The maximum atomic E-state index is 6.16. The average Bonchev–Trinajstić information content (AvgIpc) is 3.12. The van der Waals surface area contributed by atoms with Gasteiger partial charge in [0.15, 0.2) is 5.16 Å². The standard InChI is InChI=1S/C22H16ClN3OS/c23-16-8-2-6-12-20(16)27-13-14-28-22-25-17-9-3-1-7-15(17)21-24-18-10-4-5-11-19(18)26(21)22/h1-12H,13-14H2. The number of para-hydroxylation sites is 4. The number of ether oxygens (including phenoxy) is 1. The largest absolute Gasteiger partial charge is 0.491 e. The number of hydrogen-bond acceptors (Lipinski definition) is 4. The lowest BCUT2D eigenvalue weighted by molar-refractivity contribution is 0.344. The van der Waals surface area contributed by atoms with Gasteiger partial charge < -0.3 is 4.74 Å². The summed E-state index contributed by atoms with van der Waals surface area (Å²) in [7, 11) is 0. The highest BCUT2D eigenvalue weighted by molar-refractivity contribution is 7.99. The molecule has 4 nitrogen and oxygen atoms in total. The second-order valence-corrected chi connectivity index (χ2v) is 7.77. The molecule has 0 fully saturated rings. The molecule has 0 saturated heterocycles. The molecule has 0 radical (unpaired) electrons. The van der Waals surface area contributed by atoms with E-state index in [9.17, 15) is 0 Å². The van der Waals surface area contributed by atoms with Crippen molar-refractivity contribution >= 4 is 50.9 Å². The Morgan fingerprint density at radius 2 is 1.61 bits per heavy atom. The third-order valence-corrected chi connectivity index (χ3v) is 5.74. The van der Waals surface area contributed by atoms with Gasteiger partial charge in [-0.25, -0.2) is 9.97 Å². The Kier molecular flexibility index (Phi) is 4.55. The number of thioether (sulfide) groups is 1. The van der Waals surface area contributed by atoms with Gasteiger partial charge in [0.2, 0.25) is 0 Å². The summed E-state index contributed by atoms with van der Waals surface area (Å²) in [5.74, 6) is 1.45. The van der Waals surface area contributed by atoms with Crippen LogP contribution in [-0.4, -0.2) is 26.7 Å². The zero-order valence-electron chi connectivity index (χ0n) is 14.9. The minimum absolute atomic E-state index is 0.539. The Morgan fingerprint density at radius 3 is 2.50 bits per heavy atom. The molecule has 5 aromatic rings. The van der Waals surface area contributed by atoms with E-state index in [1.54, 1.807) is 11.8 Å². The number of benzene rings is 3. The summed E-state index contributed by atoms with van der Waals surface area (Å²) in [4.78, 5) is 9.74. The molecule has 5 rings (SSSR count). The second kappa shape index (κ2) is 7.34. The molecule has 0 saturated carbocycles. The van der Waals surface area contributed by atoms with E-state index in [0.717, 1.165) is 38.5 Å². The predicted molar refractivity (Wildman–Crippen MR) is 116 cm³/mol. The van der Waals surface area contributed by atoms with Crippen LogP contribution in [0.25, 0.3) is 27.6 Å². The maximum absolute atomic E-state index is 6.16. The predicted octanol–water partition coefficient (Wildman–Crippen LogP) is 5.86. The molecular formula is C22H16ClN3OS. The molecule has 2 aromatic heterocycles. The number of fused-ring (bicyclic) bond motifs is 5. The summed E-state index contributed by atoms with van der Waals surface area (Å²) in [5, 5.41) is 2.58. The van der Waals surface area contributed by atoms with E-state index < -0.39 is 0 Å². The molecule has 0 aliphatic carbocycles. The van der Waals surface area contributed by atoms with Crippen molar-refractivity contribution < 1.29 is 4.74 Å². The van der Waals surface area contributed by atoms with Gasteiger partial charge in [-0.15, -0.1) is 0 Å².